The van der Waals surface area contributed by atoms with Crippen LogP contribution < -0.4 is 0 Å². The van der Waals surface area contributed by atoms with Crippen LogP contribution in [0.3, 0.4) is 0 Å². The predicted octanol–water partition coefficient (Wildman–Crippen LogP) is -0.168. The number of hydrogen-bond acceptors (Lipinski definition) is 2. The predicted molar refractivity (Wildman–Crippen MR) is 17.9 cm³/mol. The third-order valence-electron chi connectivity index (χ3n) is 0.235. The van der Waals surface area contributed by atoms with Crippen LogP contribution in [0.2, 0.25) is 0 Å². The third kappa shape index (κ3) is 8.94. The molecule has 3 heteroatoms. The molecule has 0 aromatic heterocycles. The maximum atomic E-state index is 9.28. The van der Waals surface area contributed by atoms with Crippen molar-refractivity contribution in [1.82, 2.24) is 0 Å². The Kier molecular flexibility index (Phi) is 16.1. The molecule has 44 valence electrons. The van der Waals surface area contributed by atoms with Crippen LogP contribution in [-0.2, 0) is 9.53 Å². The topological polar surface area (TPSA) is 26.3 Å². The fraction of sp³-hybridized carbons (Fsp3) is 0.667. The molecular formula is C3H6O2Yb. The molecule has 0 amide bonds. The number of aldehydes is 1. The van der Waals surface area contributed by atoms with E-state index in [1.807, 2.05) is 0 Å². The van der Waals surface area contributed by atoms with Gasteiger partial charge in [0.1, 0.15) is 12.9 Å². The largest absolute Gasteiger partial charge is 0.377 e. The Bertz CT molecular complexity index is 30.0. The van der Waals surface area contributed by atoms with E-state index in [4.69, 9.17) is 0 Å². The van der Waals surface area contributed by atoms with Crippen molar-refractivity contribution < 1.29 is 56.5 Å². The standard InChI is InChI=1S/C3H6O2.Yb/c1-5-3-2-4;/h2H,3H2,1H3;. The van der Waals surface area contributed by atoms with E-state index in [9.17, 15) is 4.79 Å². The first-order valence-corrected chi connectivity index (χ1v) is 1.34. The van der Waals surface area contributed by atoms with E-state index in [1.165, 1.54) is 7.11 Å². The summed E-state index contributed by atoms with van der Waals surface area (Å²) in [7, 11) is 1.48. The Hall–Kier alpha value is 1.15. The molecule has 0 radical (unpaired) electrons. The summed E-state index contributed by atoms with van der Waals surface area (Å²) < 4.78 is 4.32. The van der Waals surface area contributed by atoms with Crippen LogP contribution in [0.25, 0.3) is 0 Å². The second-order valence-corrected chi connectivity index (χ2v) is 0.622. The second kappa shape index (κ2) is 9.47. The summed E-state index contributed by atoms with van der Waals surface area (Å²) >= 11 is 0. The van der Waals surface area contributed by atoms with Gasteiger partial charge in [0.05, 0.1) is 0 Å². The first-order chi connectivity index (χ1) is 2.41. The number of rotatable bonds is 2. The number of carbonyl (C=O) groups excluding carboxylic acids is 1. The first-order valence-electron chi connectivity index (χ1n) is 1.34. The molecule has 0 aliphatic heterocycles. The van der Waals surface area contributed by atoms with Crippen molar-refractivity contribution in [2.75, 3.05) is 13.7 Å². The van der Waals surface area contributed by atoms with Gasteiger partial charge in [0.2, 0.25) is 0 Å². The fourth-order valence-electron chi connectivity index (χ4n) is 0.0680. The molecule has 0 N–H and O–H groups in total. The Balaban J connectivity index is 0. The van der Waals surface area contributed by atoms with Crippen LogP contribution in [0.4, 0.5) is 0 Å². The zero-order valence-corrected chi connectivity index (χ0v) is 5.08. The van der Waals surface area contributed by atoms with Gasteiger partial charge < -0.3 is 9.53 Å². The molecule has 0 aromatic rings. The Morgan fingerprint density at radius 3 is 2.33 bits per heavy atom. The molecule has 0 saturated carbocycles. The van der Waals surface area contributed by atoms with E-state index in [0.717, 1.165) is 0 Å². The van der Waals surface area contributed by atoms with Crippen LogP contribution in [0, 0.1) is 46.9 Å². The van der Waals surface area contributed by atoms with Crippen LogP contribution in [0.1, 0.15) is 0 Å². The molecule has 0 fully saturated rings. The number of hydrogen-bond donors (Lipinski definition) is 0. The van der Waals surface area contributed by atoms with Crippen molar-refractivity contribution in [3.63, 3.8) is 0 Å². The number of ether oxygens (including phenoxy) is 1. The van der Waals surface area contributed by atoms with Gasteiger partial charge in [0, 0.05) is 54.0 Å². The molecule has 2 nitrogen and oxygen atoms in total. The Labute approximate surface area is 75.5 Å². The van der Waals surface area contributed by atoms with Gasteiger partial charge >= 0.3 is 0 Å². The molecule has 0 aromatic carbocycles. The zero-order chi connectivity index (χ0) is 4.12. The SMILES string of the molecule is COCC=O.[Yb]. The average molecular weight is 247 g/mol. The van der Waals surface area contributed by atoms with E-state index in [1.54, 1.807) is 0 Å². The van der Waals surface area contributed by atoms with Crippen molar-refractivity contribution in [3.05, 3.63) is 0 Å². The van der Waals surface area contributed by atoms with Gasteiger partial charge in [-0.15, -0.1) is 0 Å². The minimum Gasteiger partial charge on any atom is -0.377 e. The summed E-state index contributed by atoms with van der Waals surface area (Å²) in [6, 6.07) is 0. The van der Waals surface area contributed by atoms with Gasteiger partial charge in [-0.2, -0.15) is 0 Å². The molecule has 0 saturated heterocycles. The number of carbonyl (C=O) groups is 1. The van der Waals surface area contributed by atoms with E-state index in [0.29, 0.717) is 6.29 Å². The summed E-state index contributed by atoms with van der Waals surface area (Å²) in [5.41, 5.74) is 0. The normalized spacial score (nSPS) is 6.17. The van der Waals surface area contributed by atoms with Gasteiger partial charge in [-0.1, -0.05) is 0 Å². The van der Waals surface area contributed by atoms with Crippen molar-refractivity contribution >= 4 is 6.29 Å². The summed E-state index contributed by atoms with van der Waals surface area (Å²) in [5, 5.41) is 0. The van der Waals surface area contributed by atoms with E-state index >= 15 is 0 Å². The zero-order valence-electron chi connectivity index (χ0n) is 3.37. The van der Waals surface area contributed by atoms with Gasteiger partial charge in [0.15, 0.2) is 0 Å². The first kappa shape index (κ1) is 10.2. The monoisotopic (exact) mass is 248 g/mol. The summed E-state index contributed by atoms with van der Waals surface area (Å²) in [6.45, 7) is 0.208. The molecule has 6 heavy (non-hydrogen) atoms. The Morgan fingerprint density at radius 1 is 1.83 bits per heavy atom. The van der Waals surface area contributed by atoms with Crippen molar-refractivity contribution in [2.24, 2.45) is 0 Å². The van der Waals surface area contributed by atoms with Gasteiger partial charge in [-0.05, 0) is 0 Å². The molecule has 0 aliphatic rings. The third-order valence-corrected chi connectivity index (χ3v) is 0.235. The molecule has 0 rings (SSSR count). The second-order valence-electron chi connectivity index (χ2n) is 0.622. The van der Waals surface area contributed by atoms with Crippen LogP contribution in [0.15, 0.2) is 0 Å². The number of methoxy groups -OCH3 is 1. The van der Waals surface area contributed by atoms with E-state index < -0.39 is 0 Å². The van der Waals surface area contributed by atoms with E-state index in [2.05, 4.69) is 4.74 Å². The summed E-state index contributed by atoms with van der Waals surface area (Å²) in [4.78, 5) is 9.28. The molecule has 0 heterocycles. The molecule has 0 aliphatic carbocycles. The average Bonchev–Trinajstić information content (AvgIpc) is 1.41. The smallest absolute Gasteiger partial charge is 0.145 e. The quantitative estimate of drug-likeness (QED) is 0.633. The van der Waals surface area contributed by atoms with Gasteiger partial charge in [0.25, 0.3) is 0 Å². The molecule has 0 spiro atoms. The van der Waals surface area contributed by atoms with Crippen molar-refractivity contribution in [1.29, 1.82) is 0 Å². The minimum absolute atomic E-state index is 0. The van der Waals surface area contributed by atoms with Crippen molar-refractivity contribution in [3.8, 4) is 0 Å². The van der Waals surface area contributed by atoms with Gasteiger partial charge in [-0.25, -0.2) is 0 Å². The van der Waals surface area contributed by atoms with E-state index in [-0.39, 0.29) is 53.5 Å². The van der Waals surface area contributed by atoms with Crippen LogP contribution in [-0.4, -0.2) is 20.0 Å². The molecule has 0 atom stereocenters. The molecule has 0 unspecified atom stereocenters. The molecular weight excluding hydrogens is 241 g/mol. The molecule has 0 bridgehead atoms. The van der Waals surface area contributed by atoms with Crippen molar-refractivity contribution in [2.45, 2.75) is 0 Å². The van der Waals surface area contributed by atoms with Crippen LogP contribution >= 0.6 is 0 Å². The van der Waals surface area contributed by atoms with Crippen LogP contribution in [0.5, 0.6) is 0 Å². The summed E-state index contributed by atoms with van der Waals surface area (Å²) in [6.07, 6.45) is 0.708. The minimum atomic E-state index is 0. The summed E-state index contributed by atoms with van der Waals surface area (Å²) in [5.74, 6) is 0. The maximum absolute atomic E-state index is 9.28. The fourth-order valence-corrected chi connectivity index (χ4v) is 0.0680. The maximum Gasteiger partial charge on any atom is 0.145 e. The van der Waals surface area contributed by atoms with Gasteiger partial charge in [-0.3, -0.25) is 0 Å². The Morgan fingerprint density at radius 2 is 2.33 bits per heavy atom.